The lowest BCUT2D eigenvalue weighted by molar-refractivity contribution is -0.127. The fourth-order valence-corrected chi connectivity index (χ4v) is 6.28. The highest BCUT2D eigenvalue weighted by Gasteiger charge is 2.52. The Labute approximate surface area is 210 Å². The molecule has 9 heteroatoms. The van der Waals surface area contributed by atoms with Crippen molar-refractivity contribution in [1.29, 1.82) is 0 Å². The van der Waals surface area contributed by atoms with E-state index in [1.54, 1.807) is 11.1 Å². The van der Waals surface area contributed by atoms with Crippen molar-refractivity contribution in [2.45, 2.75) is 82.6 Å². The Morgan fingerprint density at radius 2 is 1.97 bits per heavy atom. The Kier molecular flexibility index (Phi) is 8.00. The third-order valence-electron chi connectivity index (χ3n) is 8.03. The zero-order valence-electron chi connectivity index (χ0n) is 21.8. The second-order valence-corrected chi connectivity index (χ2v) is 17.5. The smallest absolute Gasteiger partial charge is 0.242 e. The number of nitrogens with zero attached hydrogens (tertiary/aromatic N) is 2. The van der Waals surface area contributed by atoms with E-state index in [1.165, 1.54) is 0 Å². The number of nitrogens with two attached hydrogens (primary N) is 1. The SMILES string of the molecule is CC1CCC([C@H](N)C(=O)Nc2cc3c(cn2)C2(CCOCC2)C(=O)N3COCC[Si](C)(C)C)CC1. The summed E-state index contributed by atoms with van der Waals surface area (Å²) in [5.41, 5.74) is 7.39. The van der Waals surface area contributed by atoms with Gasteiger partial charge in [-0.15, -0.1) is 0 Å². The van der Waals surface area contributed by atoms with Crippen LogP contribution in [0.15, 0.2) is 12.3 Å². The maximum atomic E-state index is 13.7. The van der Waals surface area contributed by atoms with Crippen LogP contribution < -0.4 is 16.0 Å². The van der Waals surface area contributed by atoms with Crippen molar-refractivity contribution in [2.24, 2.45) is 17.6 Å². The molecule has 0 radical (unpaired) electrons. The summed E-state index contributed by atoms with van der Waals surface area (Å²) in [6.45, 7) is 11.1. The molecule has 3 heterocycles. The molecular formula is C26H42N4O4Si. The average Bonchev–Trinajstić information content (AvgIpc) is 3.03. The van der Waals surface area contributed by atoms with Gasteiger partial charge in [-0.25, -0.2) is 4.98 Å². The van der Waals surface area contributed by atoms with Crippen LogP contribution in [0.4, 0.5) is 11.5 Å². The van der Waals surface area contributed by atoms with E-state index in [2.05, 4.69) is 36.9 Å². The van der Waals surface area contributed by atoms with Crippen LogP contribution in [0.25, 0.3) is 0 Å². The molecule has 2 fully saturated rings. The van der Waals surface area contributed by atoms with E-state index in [4.69, 9.17) is 15.2 Å². The summed E-state index contributed by atoms with van der Waals surface area (Å²) in [5.74, 6) is 1.16. The molecule has 1 saturated heterocycles. The highest BCUT2D eigenvalue weighted by molar-refractivity contribution is 6.76. The molecule has 0 bridgehead atoms. The van der Waals surface area contributed by atoms with Crippen LogP contribution in [0, 0.1) is 11.8 Å². The van der Waals surface area contributed by atoms with E-state index in [0.717, 1.165) is 43.0 Å². The first kappa shape index (κ1) is 26.3. The van der Waals surface area contributed by atoms with Gasteiger partial charge in [-0.2, -0.15) is 0 Å². The maximum Gasteiger partial charge on any atom is 0.242 e. The van der Waals surface area contributed by atoms with Crippen LogP contribution in [-0.4, -0.2) is 57.5 Å². The topological polar surface area (TPSA) is 107 Å². The van der Waals surface area contributed by atoms with Gasteiger partial charge in [-0.1, -0.05) is 39.4 Å². The van der Waals surface area contributed by atoms with E-state index < -0.39 is 19.5 Å². The number of carbonyl (C=O) groups is 2. The van der Waals surface area contributed by atoms with Crippen LogP contribution in [0.2, 0.25) is 25.7 Å². The molecule has 1 aliphatic carbocycles. The van der Waals surface area contributed by atoms with Crippen molar-refractivity contribution in [1.82, 2.24) is 4.98 Å². The lowest BCUT2D eigenvalue weighted by Gasteiger charge is -2.32. The molecule has 2 aliphatic heterocycles. The van der Waals surface area contributed by atoms with Gasteiger partial charge in [0.15, 0.2) is 0 Å². The summed E-state index contributed by atoms with van der Waals surface area (Å²) >= 11 is 0. The minimum Gasteiger partial charge on any atom is -0.381 e. The predicted octanol–water partition coefficient (Wildman–Crippen LogP) is 3.88. The quantitative estimate of drug-likeness (QED) is 0.413. The summed E-state index contributed by atoms with van der Waals surface area (Å²) in [5, 5.41) is 2.92. The molecule has 1 aromatic heterocycles. The molecular weight excluding hydrogens is 460 g/mol. The van der Waals surface area contributed by atoms with E-state index in [1.807, 2.05) is 6.07 Å². The monoisotopic (exact) mass is 502 g/mol. The second-order valence-electron chi connectivity index (χ2n) is 11.9. The van der Waals surface area contributed by atoms with Crippen molar-refractivity contribution in [2.75, 3.05) is 36.8 Å². The highest BCUT2D eigenvalue weighted by atomic mass is 28.3. The lowest BCUT2D eigenvalue weighted by Crippen LogP contribution is -2.44. The molecule has 1 saturated carbocycles. The molecule has 1 spiro atoms. The molecule has 1 aromatic rings. The first-order chi connectivity index (χ1) is 16.6. The van der Waals surface area contributed by atoms with Gasteiger partial charge in [-0.3, -0.25) is 14.5 Å². The molecule has 3 aliphatic rings. The van der Waals surface area contributed by atoms with Crippen molar-refractivity contribution in [3.05, 3.63) is 17.8 Å². The molecule has 194 valence electrons. The van der Waals surface area contributed by atoms with E-state index in [9.17, 15) is 9.59 Å². The first-order valence-electron chi connectivity index (χ1n) is 13.2. The Hall–Kier alpha value is -1.81. The zero-order valence-corrected chi connectivity index (χ0v) is 22.8. The van der Waals surface area contributed by atoms with Gasteiger partial charge in [0.2, 0.25) is 11.8 Å². The van der Waals surface area contributed by atoms with E-state index in [-0.39, 0.29) is 24.5 Å². The molecule has 3 N–H and O–H groups in total. The van der Waals surface area contributed by atoms with Crippen molar-refractivity contribution in [3.8, 4) is 0 Å². The van der Waals surface area contributed by atoms with Gasteiger partial charge in [0.1, 0.15) is 12.5 Å². The van der Waals surface area contributed by atoms with Crippen molar-refractivity contribution < 1.29 is 19.1 Å². The van der Waals surface area contributed by atoms with Gasteiger partial charge >= 0.3 is 0 Å². The van der Waals surface area contributed by atoms with Crippen LogP contribution in [0.5, 0.6) is 0 Å². The third-order valence-corrected chi connectivity index (χ3v) is 9.73. The number of pyridine rings is 1. The number of fused-ring (bicyclic) bond motifs is 2. The number of nitrogens with one attached hydrogen (secondary N) is 1. The summed E-state index contributed by atoms with van der Waals surface area (Å²) < 4.78 is 11.6. The number of aromatic nitrogens is 1. The number of amides is 2. The standard InChI is InChI=1S/C26H42N4O4Si/c1-18-5-7-19(8-6-18)23(27)24(31)29-22-15-21-20(16-28-22)26(9-11-33-12-10-26)25(32)30(21)17-34-13-14-35(2,3)4/h15-16,18-19,23H,5-14,17,27H2,1-4H3,(H,28,29,31)/t18?,19?,23-/m0/s1. The Morgan fingerprint density at radius 1 is 1.29 bits per heavy atom. The van der Waals surface area contributed by atoms with E-state index >= 15 is 0 Å². The minimum absolute atomic E-state index is 0.0436. The fourth-order valence-electron chi connectivity index (χ4n) is 5.52. The number of rotatable bonds is 8. The molecule has 8 nitrogen and oxygen atoms in total. The summed E-state index contributed by atoms with van der Waals surface area (Å²) in [4.78, 5) is 32.9. The van der Waals surface area contributed by atoms with Gasteiger partial charge in [-0.05, 0) is 43.6 Å². The van der Waals surface area contributed by atoms with Gasteiger partial charge in [0.25, 0.3) is 0 Å². The molecule has 2 amide bonds. The first-order valence-corrected chi connectivity index (χ1v) is 16.9. The zero-order chi connectivity index (χ0) is 25.2. The van der Waals surface area contributed by atoms with Crippen LogP contribution in [0.3, 0.4) is 0 Å². The fraction of sp³-hybridized carbons (Fsp3) is 0.731. The van der Waals surface area contributed by atoms with Gasteiger partial charge in [0, 0.05) is 45.7 Å². The number of ether oxygens (including phenoxy) is 2. The molecule has 4 rings (SSSR count). The summed E-state index contributed by atoms with van der Waals surface area (Å²) in [6.07, 6.45) is 7.20. The maximum absolute atomic E-state index is 13.7. The second kappa shape index (κ2) is 10.7. The van der Waals surface area contributed by atoms with Gasteiger partial charge in [0.05, 0.1) is 17.1 Å². The van der Waals surface area contributed by atoms with Gasteiger partial charge < -0.3 is 20.5 Å². The van der Waals surface area contributed by atoms with Crippen molar-refractivity contribution in [3.63, 3.8) is 0 Å². The third kappa shape index (κ3) is 5.79. The normalized spacial score (nSPS) is 24.9. The van der Waals surface area contributed by atoms with E-state index in [0.29, 0.717) is 44.4 Å². The lowest BCUT2D eigenvalue weighted by atomic mass is 9.76. The van der Waals surface area contributed by atoms with Crippen molar-refractivity contribution >= 4 is 31.4 Å². The highest BCUT2D eigenvalue weighted by Crippen LogP contribution is 2.48. The van der Waals surface area contributed by atoms with Crippen LogP contribution >= 0.6 is 0 Å². The number of anilines is 2. The largest absolute Gasteiger partial charge is 0.381 e. The summed E-state index contributed by atoms with van der Waals surface area (Å²) in [6, 6.07) is 2.30. The molecule has 35 heavy (non-hydrogen) atoms. The molecule has 0 unspecified atom stereocenters. The predicted molar refractivity (Wildman–Crippen MR) is 140 cm³/mol. The minimum atomic E-state index is -1.23. The van der Waals surface area contributed by atoms with Crippen LogP contribution in [-0.2, 0) is 24.5 Å². The summed E-state index contributed by atoms with van der Waals surface area (Å²) in [7, 11) is -1.23. The Balaban J connectivity index is 1.50. The molecule has 0 aromatic carbocycles. The average molecular weight is 503 g/mol. The number of carbonyl (C=O) groups excluding carboxylic acids is 2. The number of hydrogen-bond donors (Lipinski definition) is 2. The van der Waals surface area contributed by atoms with Crippen LogP contribution in [0.1, 0.15) is 51.0 Å². The molecule has 1 atom stereocenters. The Bertz CT molecular complexity index is 920. The number of hydrogen-bond acceptors (Lipinski definition) is 6. The Morgan fingerprint density at radius 3 is 2.63 bits per heavy atom.